The minimum Gasteiger partial charge on any atom is -0.312 e. The Kier molecular flexibility index (Phi) is 5.53. The van der Waals surface area contributed by atoms with Crippen molar-refractivity contribution in [2.75, 3.05) is 16.2 Å². The maximum absolute atomic E-state index is 12.4. The predicted molar refractivity (Wildman–Crippen MR) is 105 cm³/mol. The molecule has 1 N–H and O–H groups in total. The fourth-order valence-electron chi connectivity index (χ4n) is 3.12. The van der Waals surface area contributed by atoms with Gasteiger partial charge in [-0.15, -0.1) is 0 Å². The number of anilines is 2. The van der Waals surface area contributed by atoms with Crippen LogP contribution in [0.25, 0.3) is 0 Å². The summed E-state index contributed by atoms with van der Waals surface area (Å²) < 4.78 is 27.5. The molecule has 1 saturated heterocycles. The number of piperidine rings is 1. The Morgan fingerprint density at radius 3 is 2.62 bits per heavy atom. The third-order valence-corrected chi connectivity index (χ3v) is 5.99. The van der Waals surface area contributed by atoms with E-state index in [9.17, 15) is 13.2 Å². The number of carbonyl (C=O) groups is 1. The van der Waals surface area contributed by atoms with Crippen LogP contribution in [0.4, 0.5) is 11.4 Å². The number of sulfonamides is 1. The molecular formula is C19H21ClN2O3S. The lowest BCUT2D eigenvalue weighted by Crippen LogP contribution is -2.35. The molecule has 0 unspecified atom stereocenters. The summed E-state index contributed by atoms with van der Waals surface area (Å²) in [5, 5.41) is 0.424. The van der Waals surface area contributed by atoms with Crippen molar-refractivity contribution >= 4 is 38.9 Å². The van der Waals surface area contributed by atoms with Crippen LogP contribution >= 0.6 is 11.6 Å². The highest BCUT2D eigenvalue weighted by Crippen LogP contribution is 2.28. The minimum atomic E-state index is -3.59. The van der Waals surface area contributed by atoms with Gasteiger partial charge in [-0.2, -0.15) is 0 Å². The molecule has 5 nitrogen and oxygen atoms in total. The second-order valence-electron chi connectivity index (χ2n) is 6.46. The van der Waals surface area contributed by atoms with Crippen LogP contribution in [0.1, 0.15) is 30.4 Å². The van der Waals surface area contributed by atoms with Crippen LogP contribution in [0, 0.1) is 6.92 Å². The van der Waals surface area contributed by atoms with Gasteiger partial charge in [0.1, 0.15) is 0 Å². The molecule has 0 atom stereocenters. The van der Waals surface area contributed by atoms with Gasteiger partial charge in [0.25, 0.3) is 0 Å². The van der Waals surface area contributed by atoms with Crippen LogP contribution in [0.2, 0.25) is 5.02 Å². The summed E-state index contributed by atoms with van der Waals surface area (Å²) in [7, 11) is -3.59. The average molecular weight is 393 g/mol. The van der Waals surface area contributed by atoms with Crippen molar-refractivity contribution in [2.45, 2.75) is 31.9 Å². The number of halogens is 1. The Morgan fingerprint density at radius 2 is 1.92 bits per heavy atom. The number of hydrogen-bond donors (Lipinski definition) is 1. The fourth-order valence-corrected chi connectivity index (χ4v) is 4.62. The van der Waals surface area contributed by atoms with E-state index in [-0.39, 0.29) is 11.7 Å². The highest BCUT2D eigenvalue weighted by molar-refractivity contribution is 7.91. The van der Waals surface area contributed by atoms with E-state index in [1.807, 2.05) is 6.92 Å². The first-order valence-electron chi connectivity index (χ1n) is 8.51. The zero-order chi connectivity index (χ0) is 18.7. The summed E-state index contributed by atoms with van der Waals surface area (Å²) in [4.78, 5) is 13.9. The molecule has 0 aromatic heterocycles. The van der Waals surface area contributed by atoms with Crippen molar-refractivity contribution in [1.29, 1.82) is 0 Å². The van der Waals surface area contributed by atoms with E-state index in [2.05, 4.69) is 4.72 Å². The van der Waals surface area contributed by atoms with Crippen LogP contribution in [0.3, 0.4) is 0 Å². The molecule has 2 aromatic carbocycles. The molecule has 0 radical (unpaired) electrons. The zero-order valence-corrected chi connectivity index (χ0v) is 16.1. The molecule has 138 valence electrons. The smallest absolute Gasteiger partial charge is 0.236 e. The number of rotatable bonds is 5. The summed E-state index contributed by atoms with van der Waals surface area (Å²) in [5.41, 5.74) is 2.72. The second-order valence-corrected chi connectivity index (χ2v) is 8.59. The van der Waals surface area contributed by atoms with Gasteiger partial charge >= 0.3 is 0 Å². The Bertz CT molecular complexity index is 928. The van der Waals surface area contributed by atoms with Gasteiger partial charge in [0.05, 0.1) is 5.75 Å². The second kappa shape index (κ2) is 7.68. The molecular weight excluding hydrogens is 372 g/mol. The zero-order valence-electron chi connectivity index (χ0n) is 14.5. The number of aryl methyl sites for hydroxylation is 1. The van der Waals surface area contributed by atoms with E-state index < -0.39 is 10.0 Å². The Balaban J connectivity index is 1.77. The first-order valence-corrected chi connectivity index (χ1v) is 10.5. The van der Waals surface area contributed by atoms with Crippen LogP contribution in [0.5, 0.6) is 0 Å². The fraction of sp³-hybridized carbons (Fsp3) is 0.316. The molecule has 0 saturated carbocycles. The third-order valence-electron chi connectivity index (χ3n) is 4.39. The average Bonchev–Trinajstić information content (AvgIpc) is 2.57. The Hall–Kier alpha value is -2.05. The van der Waals surface area contributed by atoms with Crippen molar-refractivity contribution < 1.29 is 13.2 Å². The van der Waals surface area contributed by atoms with Gasteiger partial charge < -0.3 is 4.90 Å². The van der Waals surface area contributed by atoms with Crippen molar-refractivity contribution in [3.63, 3.8) is 0 Å². The molecule has 1 aliphatic rings. The van der Waals surface area contributed by atoms with E-state index in [1.54, 1.807) is 47.4 Å². The molecule has 0 aliphatic carbocycles. The van der Waals surface area contributed by atoms with Gasteiger partial charge in [0.15, 0.2) is 0 Å². The van der Waals surface area contributed by atoms with E-state index in [0.29, 0.717) is 29.2 Å². The van der Waals surface area contributed by atoms with Gasteiger partial charge in [-0.3, -0.25) is 9.52 Å². The number of amides is 1. The number of nitrogens with one attached hydrogen (secondary N) is 1. The minimum absolute atomic E-state index is 0.117. The lowest BCUT2D eigenvalue weighted by atomic mass is 10.1. The number of carbonyl (C=O) groups excluding carboxylic acids is 1. The summed E-state index contributed by atoms with van der Waals surface area (Å²) in [5.74, 6) is -0.0793. The standard InChI is InChI=1S/C19H21ClN2O3S/c1-14-12-16(9-10-18(14)22-11-5-4-8-19(22)23)21-26(24,25)13-15-6-2-3-7-17(15)20/h2-3,6-7,9-10,12,21H,4-5,8,11,13H2,1H3. The summed E-state index contributed by atoms with van der Waals surface area (Å²) in [6, 6.07) is 12.1. The van der Waals surface area contributed by atoms with Gasteiger partial charge in [0.2, 0.25) is 15.9 Å². The Morgan fingerprint density at radius 1 is 1.15 bits per heavy atom. The first kappa shape index (κ1) is 18.7. The SMILES string of the molecule is Cc1cc(NS(=O)(=O)Cc2ccccc2Cl)ccc1N1CCCCC1=O. The van der Waals surface area contributed by atoms with Crippen molar-refractivity contribution in [2.24, 2.45) is 0 Å². The molecule has 26 heavy (non-hydrogen) atoms. The van der Waals surface area contributed by atoms with E-state index in [1.165, 1.54) is 0 Å². The summed E-state index contributed by atoms with van der Waals surface area (Å²) >= 11 is 6.05. The van der Waals surface area contributed by atoms with Crippen LogP contribution < -0.4 is 9.62 Å². The van der Waals surface area contributed by atoms with Gasteiger partial charge in [0, 0.05) is 29.4 Å². The van der Waals surface area contributed by atoms with Gasteiger partial charge in [-0.25, -0.2) is 8.42 Å². The first-order chi connectivity index (χ1) is 12.4. The highest BCUT2D eigenvalue weighted by Gasteiger charge is 2.21. The maximum Gasteiger partial charge on any atom is 0.236 e. The Labute approximate surface area is 159 Å². The third kappa shape index (κ3) is 4.37. The monoisotopic (exact) mass is 392 g/mol. The van der Waals surface area contributed by atoms with E-state index in [0.717, 1.165) is 24.1 Å². The molecule has 0 spiro atoms. The molecule has 1 aliphatic heterocycles. The number of hydrogen-bond acceptors (Lipinski definition) is 3. The topological polar surface area (TPSA) is 66.5 Å². The lowest BCUT2D eigenvalue weighted by Gasteiger charge is -2.28. The largest absolute Gasteiger partial charge is 0.312 e. The van der Waals surface area contributed by atoms with Crippen LogP contribution in [-0.4, -0.2) is 20.9 Å². The molecule has 1 amide bonds. The number of benzene rings is 2. The van der Waals surface area contributed by atoms with Crippen molar-refractivity contribution in [3.8, 4) is 0 Å². The predicted octanol–water partition coefficient (Wildman–Crippen LogP) is 4.11. The molecule has 1 fully saturated rings. The summed E-state index contributed by atoms with van der Waals surface area (Å²) in [6.07, 6.45) is 2.47. The molecule has 0 bridgehead atoms. The quantitative estimate of drug-likeness (QED) is 0.832. The van der Waals surface area contributed by atoms with Crippen molar-refractivity contribution in [3.05, 3.63) is 58.6 Å². The van der Waals surface area contributed by atoms with E-state index >= 15 is 0 Å². The van der Waals surface area contributed by atoms with Crippen LogP contribution in [-0.2, 0) is 20.6 Å². The molecule has 1 heterocycles. The summed E-state index contributed by atoms with van der Waals surface area (Å²) in [6.45, 7) is 2.58. The maximum atomic E-state index is 12.4. The lowest BCUT2D eigenvalue weighted by molar-refractivity contribution is -0.119. The highest BCUT2D eigenvalue weighted by atomic mass is 35.5. The molecule has 7 heteroatoms. The van der Waals surface area contributed by atoms with Crippen LogP contribution in [0.15, 0.2) is 42.5 Å². The van der Waals surface area contributed by atoms with E-state index in [4.69, 9.17) is 11.6 Å². The molecule has 3 rings (SSSR count). The van der Waals surface area contributed by atoms with Gasteiger partial charge in [-0.05, 0) is 55.2 Å². The number of nitrogens with zero attached hydrogens (tertiary/aromatic N) is 1. The normalized spacial score (nSPS) is 15.2. The van der Waals surface area contributed by atoms with Crippen molar-refractivity contribution in [1.82, 2.24) is 0 Å². The van der Waals surface area contributed by atoms with Gasteiger partial charge in [-0.1, -0.05) is 29.8 Å². The molecule has 2 aromatic rings.